The number of hydrogen-bond donors (Lipinski definition) is 0. The lowest BCUT2D eigenvalue weighted by Crippen LogP contribution is -2.04. The van der Waals surface area contributed by atoms with Gasteiger partial charge in [-0.05, 0) is 64.2 Å². The first kappa shape index (κ1) is 39.4. The Morgan fingerprint density at radius 2 is 0.725 bits per heavy atom. The van der Waals surface area contributed by atoms with Crippen LogP contribution in [0, 0.1) is 34.0 Å². The van der Waals surface area contributed by atoms with E-state index in [1.165, 1.54) is 0 Å². The molecular weight excluding hydrogens is 843 g/mol. The second kappa shape index (κ2) is 15.6. The predicted molar refractivity (Wildman–Crippen MR) is 278 cm³/mol. The van der Waals surface area contributed by atoms with Crippen LogP contribution in [0.15, 0.2) is 217 Å². The summed E-state index contributed by atoms with van der Waals surface area (Å²) < 4.78 is 11.7. The Kier molecular flexibility index (Phi) is 8.92. The van der Waals surface area contributed by atoms with Gasteiger partial charge < -0.3 is 13.6 Å². The summed E-state index contributed by atoms with van der Waals surface area (Å²) in [6.45, 7) is 0. The normalized spacial score (nSPS) is 11.4. The molecule has 318 valence electrons. The fourth-order valence-corrected chi connectivity index (χ4v) is 10.9. The molecule has 10 aromatic carbocycles. The summed E-state index contributed by atoms with van der Waals surface area (Å²) in [7, 11) is 0. The molecular formula is C63H35N5O. The highest BCUT2D eigenvalue weighted by atomic mass is 16.3. The van der Waals surface area contributed by atoms with E-state index in [-0.39, 0.29) is 22.3 Å². The van der Waals surface area contributed by atoms with E-state index in [1.807, 2.05) is 120 Å². The van der Waals surface area contributed by atoms with Gasteiger partial charge in [-0.25, -0.2) is 0 Å². The first-order valence-electron chi connectivity index (χ1n) is 22.8. The van der Waals surface area contributed by atoms with Crippen LogP contribution in [0.4, 0.5) is 0 Å². The highest BCUT2D eigenvalue weighted by Gasteiger charge is 2.33. The van der Waals surface area contributed by atoms with Crippen LogP contribution in [-0.4, -0.2) is 9.13 Å². The molecule has 0 radical (unpaired) electrons. The van der Waals surface area contributed by atoms with Gasteiger partial charge >= 0.3 is 0 Å². The number of rotatable bonds is 6. The van der Waals surface area contributed by atoms with Crippen molar-refractivity contribution in [3.63, 3.8) is 0 Å². The average molecular weight is 878 g/mol. The molecule has 0 saturated carbocycles. The molecule has 6 nitrogen and oxygen atoms in total. The molecule has 0 bridgehead atoms. The smallest absolute Gasteiger partial charge is 0.156 e. The molecule has 0 atom stereocenters. The van der Waals surface area contributed by atoms with Crippen LogP contribution in [0.5, 0.6) is 0 Å². The van der Waals surface area contributed by atoms with Gasteiger partial charge in [0.15, 0.2) is 5.58 Å². The van der Waals surface area contributed by atoms with Gasteiger partial charge in [0.25, 0.3) is 0 Å². The fourth-order valence-electron chi connectivity index (χ4n) is 10.9. The minimum atomic E-state index is 0.0902. The quantitative estimate of drug-likeness (QED) is 0.166. The van der Waals surface area contributed by atoms with Crippen molar-refractivity contribution in [1.82, 2.24) is 9.13 Å². The Morgan fingerprint density at radius 3 is 1.23 bits per heavy atom. The zero-order valence-corrected chi connectivity index (χ0v) is 36.9. The molecule has 13 rings (SSSR count). The number of para-hydroxylation sites is 3. The lowest BCUT2D eigenvalue weighted by molar-refractivity contribution is 0.668. The van der Waals surface area contributed by atoms with Crippen molar-refractivity contribution >= 4 is 65.6 Å². The number of nitriles is 3. The van der Waals surface area contributed by atoms with Crippen molar-refractivity contribution in [2.45, 2.75) is 0 Å². The van der Waals surface area contributed by atoms with Crippen LogP contribution in [0.1, 0.15) is 16.7 Å². The van der Waals surface area contributed by atoms with E-state index in [1.54, 1.807) is 0 Å². The minimum absolute atomic E-state index is 0.0902. The van der Waals surface area contributed by atoms with E-state index in [2.05, 4.69) is 120 Å². The molecule has 0 aliphatic rings. The van der Waals surface area contributed by atoms with Crippen LogP contribution < -0.4 is 0 Å². The minimum Gasteiger partial charge on any atom is -0.454 e. The molecule has 0 saturated heterocycles. The largest absolute Gasteiger partial charge is 0.454 e. The van der Waals surface area contributed by atoms with Gasteiger partial charge in [0, 0.05) is 54.7 Å². The van der Waals surface area contributed by atoms with Crippen molar-refractivity contribution in [1.29, 1.82) is 15.8 Å². The van der Waals surface area contributed by atoms with Crippen molar-refractivity contribution < 1.29 is 4.42 Å². The van der Waals surface area contributed by atoms with Crippen molar-refractivity contribution in [2.24, 2.45) is 0 Å². The molecule has 0 aliphatic heterocycles. The van der Waals surface area contributed by atoms with E-state index in [0.29, 0.717) is 22.0 Å². The van der Waals surface area contributed by atoms with Crippen LogP contribution in [0.3, 0.4) is 0 Å². The maximum absolute atomic E-state index is 11.7. The third-order valence-corrected chi connectivity index (χ3v) is 13.6. The number of nitrogens with zero attached hydrogens (tertiary/aromatic N) is 5. The third kappa shape index (κ3) is 5.76. The highest BCUT2D eigenvalue weighted by molar-refractivity contribution is 6.27. The average Bonchev–Trinajstić information content (AvgIpc) is 4.07. The van der Waals surface area contributed by atoms with Crippen LogP contribution in [0.25, 0.3) is 121 Å². The van der Waals surface area contributed by atoms with Crippen LogP contribution in [-0.2, 0) is 0 Å². The topological polar surface area (TPSA) is 94.4 Å². The molecule has 0 spiro atoms. The van der Waals surface area contributed by atoms with E-state index < -0.39 is 0 Å². The van der Waals surface area contributed by atoms with Crippen molar-refractivity contribution in [3.05, 3.63) is 229 Å². The van der Waals surface area contributed by atoms with Gasteiger partial charge in [0.05, 0.1) is 38.9 Å². The number of furan rings is 1. The number of hydrogen-bond acceptors (Lipinski definition) is 4. The van der Waals surface area contributed by atoms with Gasteiger partial charge in [-0.15, -0.1) is 0 Å². The Balaban J connectivity index is 1.25. The predicted octanol–water partition coefficient (Wildman–Crippen LogP) is 16.1. The molecule has 0 N–H and O–H groups in total. The van der Waals surface area contributed by atoms with Gasteiger partial charge in [0.1, 0.15) is 29.4 Å². The van der Waals surface area contributed by atoms with Crippen LogP contribution >= 0.6 is 0 Å². The van der Waals surface area contributed by atoms with E-state index >= 15 is 0 Å². The summed E-state index contributed by atoms with van der Waals surface area (Å²) in [5.74, 6) is 0. The van der Waals surface area contributed by atoms with E-state index in [9.17, 15) is 15.8 Å². The Hall–Kier alpha value is -9.93. The zero-order valence-electron chi connectivity index (χ0n) is 36.9. The SMILES string of the molecule is N#Cc1c(-n2c3ccccc3c3cc4c(cc32)c2ccccc2n4-c2ccccc2)c(C#N)c2oc3c(-c4ccccc4)c(-c4ccccc4)c(-c4ccccc4)c(-c4ccccc4)c3c2c1C#N. The summed E-state index contributed by atoms with van der Waals surface area (Å²) >= 11 is 0. The molecule has 3 aromatic heterocycles. The Labute approximate surface area is 396 Å². The van der Waals surface area contributed by atoms with Crippen molar-refractivity contribution in [2.75, 3.05) is 0 Å². The number of aromatic nitrogens is 2. The summed E-state index contributed by atoms with van der Waals surface area (Å²) in [4.78, 5) is 0. The molecule has 0 fully saturated rings. The first-order valence-corrected chi connectivity index (χ1v) is 22.8. The molecule has 0 amide bonds. The van der Waals surface area contributed by atoms with Gasteiger partial charge in [0.2, 0.25) is 0 Å². The molecule has 3 heterocycles. The lowest BCUT2D eigenvalue weighted by atomic mass is 9.80. The highest BCUT2D eigenvalue weighted by Crippen LogP contribution is 2.55. The maximum atomic E-state index is 11.7. The second-order valence-electron chi connectivity index (χ2n) is 17.2. The summed E-state index contributed by atoms with van der Waals surface area (Å²) in [5, 5.41) is 40.0. The Morgan fingerprint density at radius 1 is 0.319 bits per heavy atom. The van der Waals surface area contributed by atoms with E-state index in [4.69, 9.17) is 4.42 Å². The van der Waals surface area contributed by atoms with E-state index in [0.717, 1.165) is 93.8 Å². The van der Waals surface area contributed by atoms with Gasteiger partial charge in [-0.3, -0.25) is 0 Å². The molecule has 0 aliphatic carbocycles. The summed E-state index contributed by atoms with van der Waals surface area (Å²) in [6, 6.07) is 79.6. The standard InChI is InChI=1S/C63H35N5O/c64-36-48-49(37-65)61(68-52-33-19-17-31-45(52)47-34-53-46(35-54(47)68)44-30-16-18-32-51(44)67(53)43-28-14-5-15-29-43)50(38-66)62-59(48)60-57(41-24-10-3-11-25-41)55(39-20-6-1-7-21-39)56(40-22-8-2-9-23-40)58(63(60)69-62)42-26-12-4-13-27-42/h1-35H. The molecule has 6 heteroatoms. The first-order chi connectivity index (χ1) is 34.2. The van der Waals surface area contributed by atoms with Gasteiger partial charge in [-0.2, -0.15) is 15.8 Å². The van der Waals surface area contributed by atoms with Crippen molar-refractivity contribution in [3.8, 4) is 74.1 Å². The second-order valence-corrected chi connectivity index (χ2v) is 17.2. The third-order valence-electron chi connectivity index (χ3n) is 13.6. The zero-order chi connectivity index (χ0) is 46.2. The summed E-state index contributed by atoms with van der Waals surface area (Å²) in [5.41, 5.74) is 13.4. The van der Waals surface area contributed by atoms with Gasteiger partial charge in [-0.1, -0.05) is 176 Å². The molecule has 69 heavy (non-hydrogen) atoms. The number of benzene rings is 10. The van der Waals surface area contributed by atoms with Crippen LogP contribution in [0.2, 0.25) is 0 Å². The lowest BCUT2D eigenvalue weighted by Gasteiger charge is -2.22. The Bertz CT molecular complexity index is 4360. The number of fused-ring (bicyclic) bond motifs is 9. The monoisotopic (exact) mass is 877 g/mol. The molecule has 0 unspecified atom stereocenters. The summed E-state index contributed by atoms with van der Waals surface area (Å²) in [6.07, 6.45) is 0. The molecule has 13 aromatic rings. The fraction of sp³-hybridized carbons (Fsp3) is 0. The maximum Gasteiger partial charge on any atom is 0.156 e.